The summed E-state index contributed by atoms with van der Waals surface area (Å²) in [6, 6.07) is -0.880. The molecule has 0 aliphatic heterocycles. The number of hydrogen-bond donors (Lipinski definition) is 1. The van der Waals surface area contributed by atoms with Crippen LogP contribution in [-0.2, 0) is 27.9 Å². The number of nitrogens with zero attached hydrogens (tertiary/aromatic N) is 1. The van der Waals surface area contributed by atoms with Crippen molar-refractivity contribution in [2.24, 2.45) is 0 Å². The van der Waals surface area contributed by atoms with Crippen LogP contribution in [0.4, 0.5) is 0 Å². The summed E-state index contributed by atoms with van der Waals surface area (Å²) in [4.78, 5) is 40.1. The van der Waals surface area contributed by atoms with Gasteiger partial charge in [-0.05, 0) is 31.8 Å². The predicted molar refractivity (Wildman–Crippen MR) is 344 cm³/mol. The molecule has 3 atom stereocenters. The molecular formula is C70H139N2O7P. The van der Waals surface area contributed by atoms with Gasteiger partial charge in [0.15, 0.2) is 0 Å². The van der Waals surface area contributed by atoms with E-state index in [0.29, 0.717) is 17.4 Å². The first kappa shape index (κ1) is 78.8. The van der Waals surface area contributed by atoms with Crippen molar-refractivity contribution in [2.45, 2.75) is 386 Å². The van der Waals surface area contributed by atoms with Crippen molar-refractivity contribution in [3.63, 3.8) is 0 Å². The van der Waals surface area contributed by atoms with Crippen molar-refractivity contribution in [1.82, 2.24) is 5.32 Å². The first-order valence-electron chi connectivity index (χ1n) is 35.5. The Balaban J connectivity index is 5.03. The lowest BCUT2D eigenvalue weighted by Gasteiger charge is -2.30. The molecule has 0 spiro atoms. The van der Waals surface area contributed by atoms with E-state index in [1.54, 1.807) is 0 Å². The minimum absolute atomic E-state index is 0.0164. The zero-order chi connectivity index (χ0) is 58.6. The number of hydrogen-bond acceptors (Lipinski definition) is 7. The summed E-state index contributed by atoms with van der Waals surface area (Å²) in [6.45, 7) is 6.92. The summed E-state index contributed by atoms with van der Waals surface area (Å²) < 4.78 is 30.5. The van der Waals surface area contributed by atoms with Crippen molar-refractivity contribution in [3.05, 3.63) is 12.2 Å². The lowest BCUT2D eigenvalue weighted by molar-refractivity contribution is -0.870. The Morgan fingerprint density at radius 2 is 0.713 bits per heavy atom. The molecule has 0 bridgehead atoms. The number of allylic oxidation sites excluding steroid dienone is 1. The molecule has 0 aromatic heterocycles. The number of amides is 1. The number of quaternary nitrogens is 1. The molecule has 0 aromatic rings. The maximum Gasteiger partial charge on any atom is 0.306 e. The van der Waals surface area contributed by atoms with Crippen LogP contribution in [0.25, 0.3) is 0 Å². The van der Waals surface area contributed by atoms with E-state index in [0.717, 1.165) is 57.8 Å². The average Bonchev–Trinajstić information content (AvgIpc) is 3.42. The lowest BCUT2D eigenvalue weighted by Crippen LogP contribution is -2.47. The van der Waals surface area contributed by atoms with Gasteiger partial charge in [-0.2, -0.15) is 0 Å². The summed E-state index contributed by atoms with van der Waals surface area (Å²) in [6.07, 6.45) is 71.9. The number of phosphoric ester groups is 1. The van der Waals surface area contributed by atoms with Crippen LogP contribution in [0.3, 0.4) is 0 Å². The predicted octanol–water partition coefficient (Wildman–Crippen LogP) is 21.7. The molecule has 1 N–H and O–H groups in total. The molecule has 0 fully saturated rings. The van der Waals surface area contributed by atoms with E-state index in [-0.39, 0.29) is 31.5 Å². The molecule has 476 valence electrons. The molecule has 0 aromatic carbocycles. The highest BCUT2D eigenvalue weighted by Gasteiger charge is 2.27. The zero-order valence-corrected chi connectivity index (χ0v) is 55.5. The van der Waals surface area contributed by atoms with Gasteiger partial charge < -0.3 is 28.5 Å². The highest BCUT2D eigenvalue weighted by Crippen LogP contribution is 2.38. The second kappa shape index (κ2) is 60.9. The monoisotopic (exact) mass is 1150 g/mol. The number of ether oxygens (including phenoxy) is 1. The van der Waals surface area contributed by atoms with Gasteiger partial charge in [-0.1, -0.05) is 341 Å². The topological polar surface area (TPSA) is 114 Å². The first-order valence-corrected chi connectivity index (χ1v) is 37.0. The van der Waals surface area contributed by atoms with Crippen LogP contribution in [-0.4, -0.2) is 69.4 Å². The number of unbranched alkanes of at least 4 members (excludes halogenated alkanes) is 50. The third kappa shape index (κ3) is 61.3. The molecule has 10 heteroatoms. The van der Waals surface area contributed by atoms with Gasteiger partial charge in [0.25, 0.3) is 7.82 Å². The molecule has 1 amide bonds. The van der Waals surface area contributed by atoms with E-state index >= 15 is 0 Å². The first-order chi connectivity index (χ1) is 38.9. The van der Waals surface area contributed by atoms with E-state index in [9.17, 15) is 19.0 Å². The van der Waals surface area contributed by atoms with Crippen molar-refractivity contribution < 1.29 is 37.3 Å². The zero-order valence-electron chi connectivity index (χ0n) is 54.6. The second-order valence-electron chi connectivity index (χ2n) is 25.8. The largest absolute Gasteiger partial charge is 0.756 e. The minimum Gasteiger partial charge on any atom is -0.756 e. The van der Waals surface area contributed by atoms with E-state index in [2.05, 4.69) is 26.1 Å². The molecular weight excluding hydrogens is 1010 g/mol. The fourth-order valence-corrected chi connectivity index (χ4v) is 11.7. The quantitative estimate of drug-likeness (QED) is 0.0212. The van der Waals surface area contributed by atoms with Gasteiger partial charge in [-0.15, -0.1) is 0 Å². The van der Waals surface area contributed by atoms with E-state index in [4.69, 9.17) is 13.8 Å². The summed E-state index contributed by atoms with van der Waals surface area (Å²) in [5, 5.41) is 3.05. The van der Waals surface area contributed by atoms with Crippen LogP contribution in [0.2, 0.25) is 0 Å². The Kier molecular flexibility index (Phi) is 59.9. The maximum absolute atomic E-state index is 13.6. The standard InChI is InChI=1S/C70H139N2O7P/c1-7-10-13-16-19-22-25-28-30-32-34-35-36-37-39-41-43-45-48-51-54-57-60-63-70(74)79-68(61-58-55-52-49-46-27-24-21-18-15-12-9-3)67(66-78-80(75,76)77-65-64-72(4,5)6)71-69(73)62-59-56-53-50-47-44-42-40-38-33-31-29-26-23-20-17-14-11-8-2/h58,61,67-68H,7-57,59-60,62-66H2,1-6H3,(H-,71,73,75,76)/b61-58+. The fourth-order valence-electron chi connectivity index (χ4n) is 11.0. The van der Waals surface area contributed by atoms with Crippen LogP contribution in [0.5, 0.6) is 0 Å². The molecule has 0 aliphatic rings. The highest BCUT2D eigenvalue weighted by atomic mass is 31.2. The third-order valence-corrected chi connectivity index (χ3v) is 17.4. The van der Waals surface area contributed by atoms with Crippen LogP contribution in [0.15, 0.2) is 12.2 Å². The molecule has 9 nitrogen and oxygen atoms in total. The van der Waals surface area contributed by atoms with E-state index in [1.807, 2.05) is 33.3 Å². The maximum atomic E-state index is 13.6. The molecule has 0 saturated heterocycles. The summed E-state index contributed by atoms with van der Waals surface area (Å²) in [5.74, 6) is -0.513. The van der Waals surface area contributed by atoms with Crippen molar-refractivity contribution in [3.8, 4) is 0 Å². The van der Waals surface area contributed by atoms with Crippen molar-refractivity contribution >= 4 is 19.7 Å². The van der Waals surface area contributed by atoms with Crippen molar-refractivity contribution in [1.29, 1.82) is 0 Å². The number of carbonyl (C=O) groups is 2. The van der Waals surface area contributed by atoms with Crippen LogP contribution < -0.4 is 10.2 Å². The molecule has 0 rings (SSSR count). The Bertz CT molecular complexity index is 1370. The number of esters is 1. The second-order valence-corrected chi connectivity index (χ2v) is 27.2. The Labute approximate surface area is 499 Å². The van der Waals surface area contributed by atoms with E-state index in [1.165, 1.54) is 283 Å². The van der Waals surface area contributed by atoms with E-state index < -0.39 is 20.0 Å². The molecule has 3 unspecified atom stereocenters. The summed E-state index contributed by atoms with van der Waals surface area (Å²) in [5.41, 5.74) is 0. The van der Waals surface area contributed by atoms with Gasteiger partial charge >= 0.3 is 5.97 Å². The lowest BCUT2D eigenvalue weighted by atomic mass is 10.0. The SMILES string of the molecule is CCCCCCCCCCCC/C=C/C(OC(=O)CCCCCCCCCCCCCCCCCCCCCCCCC)C(COP(=O)([O-])OCC[N+](C)(C)C)NC(=O)CCCCCCCCCCCCCCCCCCCCC. The van der Waals surface area contributed by atoms with Gasteiger partial charge in [-0.3, -0.25) is 14.2 Å². The van der Waals surface area contributed by atoms with Crippen LogP contribution in [0.1, 0.15) is 374 Å². The average molecular weight is 1150 g/mol. The van der Waals surface area contributed by atoms with Gasteiger partial charge in [0, 0.05) is 12.8 Å². The smallest absolute Gasteiger partial charge is 0.306 e. The molecule has 0 aliphatic carbocycles. The normalized spacial score (nSPS) is 13.5. The van der Waals surface area contributed by atoms with Gasteiger partial charge in [0.1, 0.15) is 19.3 Å². The third-order valence-electron chi connectivity index (χ3n) is 16.5. The Hall–Kier alpha value is -1.25. The van der Waals surface area contributed by atoms with Crippen LogP contribution >= 0.6 is 7.82 Å². The van der Waals surface area contributed by atoms with Crippen LogP contribution in [0, 0.1) is 0 Å². The van der Waals surface area contributed by atoms with Gasteiger partial charge in [0.05, 0.1) is 33.8 Å². The van der Waals surface area contributed by atoms with Gasteiger partial charge in [0.2, 0.25) is 5.91 Å². The number of phosphoric acid groups is 1. The molecule has 0 radical (unpaired) electrons. The fraction of sp³-hybridized carbons (Fsp3) is 0.943. The van der Waals surface area contributed by atoms with Crippen molar-refractivity contribution in [2.75, 3.05) is 40.9 Å². The summed E-state index contributed by atoms with van der Waals surface area (Å²) >= 11 is 0. The highest BCUT2D eigenvalue weighted by molar-refractivity contribution is 7.45. The molecule has 0 heterocycles. The summed E-state index contributed by atoms with van der Waals surface area (Å²) in [7, 11) is 1.21. The minimum atomic E-state index is -4.69. The number of rotatable bonds is 66. The van der Waals surface area contributed by atoms with Gasteiger partial charge in [-0.25, -0.2) is 0 Å². The molecule has 0 saturated carbocycles. The number of nitrogens with one attached hydrogen (secondary N) is 1. The number of carbonyl (C=O) groups excluding carboxylic acids is 2. The Morgan fingerprint density at radius 1 is 0.425 bits per heavy atom. The number of likely N-dealkylation sites (N-methyl/N-ethyl adjacent to an activating group) is 1. The molecule has 80 heavy (non-hydrogen) atoms. The Morgan fingerprint density at radius 3 is 1.02 bits per heavy atom.